The summed E-state index contributed by atoms with van der Waals surface area (Å²) in [6.45, 7) is 5.07. The monoisotopic (exact) mass is 383 g/mol. The molecule has 0 radical (unpaired) electrons. The van der Waals surface area contributed by atoms with Crippen molar-refractivity contribution in [3.05, 3.63) is 71.0 Å². The van der Waals surface area contributed by atoms with Gasteiger partial charge in [0.1, 0.15) is 17.3 Å². The highest BCUT2D eigenvalue weighted by molar-refractivity contribution is 5.92. The Morgan fingerprint density at radius 2 is 2.07 bits per heavy atom. The maximum absolute atomic E-state index is 13.4. The minimum atomic E-state index is -0.261. The number of halogens is 1. The van der Waals surface area contributed by atoms with Crippen LogP contribution in [0.2, 0.25) is 0 Å². The fourth-order valence-corrected chi connectivity index (χ4v) is 3.56. The number of aryl methyl sites for hydroxylation is 1. The lowest BCUT2D eigenvalue weighted by Crippen LogP contribution is -2.44. The minimum absolute atomic E-state index is 0.113. The molecule has 3 aromatic rings. The van der Waals surface area contributed by atoms with E-state index in [1.165, 1.54) is 12.1 Å². The molecule has 0 bridgehead atoms. The predicted octanol–water partition coefficient (Wildman–Crippen LogP) is 3.89. The van der Waals surface area contributed by atoms with Crippen LogP contribution >= 0.6 is 0 Å². The van der Waals surface area contributed by atoms with Gasteiger partial charge in [0.15, 0.2) is 11.6 Å². The van der Waals surface area contributed by atoms with E-state index in [2.05, 4.69) is 17.1 Å². The summed E-state index contributed by atoms with van der Waals surface area (Å²) < 4.78 is 24.4. The molecule has 7 heteroatoms. The van der Waals surface area contributed by atoms with Crippen LogP contribution in [0.4, 0.5) is 4.39 Å². The van der Waals surface area contributed by atoms with E-state index in [1.54, 1.807) is 30.2 Å². The average Bonchev–Trinajstić information content (AvgIpc) is 3.31. The largest absolute Gasteiger partial charge is 0.445 e. The molecule has 0 atom stereocenters. The summed E-state index contributed by atoms with van der Waals surface area (Å²) >= 11 is 0. The zero-order valence-corrected chi connectivity index (χ0v) is 15.9. The Labute approximate surface area is 162 Å². The van der Waals surface area contributed by atoms with E-state index in [1.807, 2.05) is 6.07 Å². The molecule has 0 aliphatic carbocycles. The number of nitrogens with zero attached hydrogens (tertiary/aromatic N) is 3. The summed E-state index contributed by atoms with van der Waals surface area (Å²) in [5.74, 6) is 1.62. The molecule has 28 heavy (non-hydrogen) atoms. The first-order valence-corrected chi connectivity index (χ1v) is 9.35. The van der Waals surface area contributed by atoms with Crippen LogP contribution in [-0.4, -0.2) is 34.0 Å². The van der Waals surface area contributed by atoms with E-state index >= 15 is 0 Å². The molecule has 1 aliphatic rings. The molecule has 0 N–H and O–H groups in total. The maximum Gasteiger partial charge on any atom is 0.276 e. The zero-order valence-electron chi connectivity index (χ0n) is 15.9. The minimum Gasteiger partial charge on any atom is -0.445 e. The van der Waals surface area contributed by atoms with E-state index in [9.17, 15) is 9.18 Å². The van der Waals surface area contributed by atoms with E-state index in [0.29, 0.717) is 42.6 Å². The number of likely N-dealkylation sites (tertiary alicyclic amines) is 1. The van der Waals surface area contributed by atoms with Gasteiger partial charge < -0.3 is 13.8 Å². The molecule has 1 aliphatic heterocycles. The number of rotatable bonds is 4. The van der Waals surface area contributed by atoms with Gasteiger partial charge in [0.25, 0.3) is 5.91 Å². The third kappa shape index (κ3) is 3.69. The molecule has 1 saturated heterocycles. The Morgan fingerprint density at radius 1 is 1.29 bits per heavy atom. The van der Waals surface area contributed by atoms with Crippen molar-refractivity contribution in [2.45, 2.75) is 38.5 Å². The quantitative estimate of drug-likeness (QED) is 0.683. The summed E-state index contributed by atoms with van der Waals surface area (Å²) in [5.41, 5.74) is 0.947. The maximum atomic E-state index is 13.4. The SMILES string of the molecule is Cc1cc(C(=O)N2CCC(C)(c3ncc(Cc4cccc(F)c4)o3)CC2)no1. The van der Waals surface area contributed by atoms with E-state index in [4.69, 9.17) is 8.94 Å². The van der Waals surface area contributed by atoms with Crippen LogP contribution in [0.1, 0.15) is 53.2 Å². The van der Waals surface area contributed by atoms with Crippen molar-refractivity contribution in [2.24, 2.45) is 0 Å². The number of carbonyl (C=O) groups is 1. The lowest BCUT2D eigenvalue weighted by Gasteiger charge is -2.37. The topological polar surface area (TPSA) is 72.4 Å². The van der Waals surface area contributed by atoms with Gasteiger partial charge >= 0.3 is 0 Å². The molecule has 6 nitrogen and oxygen atoms in total. The summed E-state index contributed by atoms with van der Waals surface area (Å²) in [4.78, 5) is 18.8. The van der Waals surface area contributed by atoms with Gasteiger partial charge in [-0.05, 0) is 37.5 Å². The number of carbonyl (C=O) groups excluding carboxylic acids is 1. The zero-order chi connectivity index (χ0) is 19.7. The van der Waals surface area contributed by atoms with Crippen LogP contribution in [-0.2, 0) is 11.8 Å². The number of amides is 1. The number of hydrogen-bond donors (Lipinski definition) is 0. The highest BCUT2D eigenvalue weighted by atomic mass is 19.1. The molecular weight excluding hydrogens is 361 g/mol. The predicted molar refractivity (Wildman–Crippen MR) is 99.4 cm³/mol. The third-order valence-electron chi connectivity index (χ3n) is 5.34. The second kappa shape index (κ2) is 7.22. The first kappa shape index (κ1) is 18.4. The lowest BCUT2D eigenvalue weighted by atomic mass is 9.80. The molecule has 1 aromatic carbocycles. The number of oxazole rings is 1. The normalized spacial score (nSPS) is 16.3. The molecular formula is C21H22FN3O3. The van der Waals surface area contributed by atoms with Gasteiger partial charge in [0.2, 0.25) is 0 Å². The Kier molecular flexibility index (Phi) is 4.75. The Hall–Kier alpha value is -2.96. The molecule has 4 rings (SSSR count). The first-order chi connectivity index (χ1) is 13.4. The van der Waals surface area contributed by atoms with Gasteiger partial charge in [-0.2, -0.15) is 0 Å². The second-order valence-electron chi connectivity index (χ2n) is 7.61. The third-order valence-corrected chi connectivity index (χ3v) is 5.34. The van der Waals surface area contributed by atoms with E-state index < -0.39 is 0 Å². The summed E-state index contributed by atoms with van der Waals surface area (Å²) in [6.07, 6.45) is 3.70. The van der Waals surface area contributed by atoms with Crippen LogP contribution in [0, 0.1) is 12.7 Å². The fraction of sp³-hybridized carbons (Fsp3) is 0.381. The summed E-state index contributed by atoms with van der Waals surface area (Å²) in [7, 11) is 0. The van der Waals surface area contributed by atoms with Gasteiger partial charge in [-0.25, -0.2) is 9.37 Å². The van der Waals surface area contributed by atoms with Gasteiger partial charge in [-0.3, -0.25) is 4.79 Å². The van der Waals surface area contributed by atoms with Gasteiger partial charge in [-0.15, -0.1) is 0 Å². The Bertz CT molecular complexity index is 986. The van der Waals surface area contributed by atoms with Crippen molar-refractivity contribution >= 4 is 5.91 Å². The van der Waals surface area contributed by atoms with E-state index in [-0.39, 0.29) is 17.1 Å². The fourth-order valence-electron chi connectivity index (χ4n) is 3.56. The van der Waals surface area contributed by atoms with Crippen molar-refractivity contribution in [2.75, 3.05) is 13.1 Å². The van der Waals surface area contributed by atoms with Crippen molar-refractivity contribution in [3.8, 4) is 0 Å². The standard InChI is InChI=1S/C21H22FN3O3/c1-14-10-18(24-28-14)19(26)25-8-6-21(2,7-9-25)20-23-13-17(27-20)12-15-4-3-5-16(22)11-15/h3-5,10-11,13H,6-9,12H2,1-2H3. The number of benzene rings is 1. The van der Waals surface area contributed by atoms with Crippen molar-refractivity contribution in [1.29, 1.82) is 0 Å². The Morgan fingerprint density at radius 3 is 2.75 bits per heavy atom. The number of aromatic nitrogens is 2. The summed E-state index contributed by atoms with van der Waals surface area (Å²) in [5, 5.41) is 3.81. The molecule has 3 heterocycles. The van der Waals surface area contributed by atoms with Crippen molar-refractivity contribution in [1.82, 2.24) is 15.0 Å². The molecule has 0 spiro atoms. The van der Waals surface area contributed by atoms with Gasteiger partial charge in [0.05, 0.1) is 6.20 Å². The van der Waals surface area contributed by atoms with Crippen LogP contribution in [0.3, 0.4) is 0 Å². The van der Waals surface area contributed by atoms with Gasteiger partial charge in [0, 0.05) is 31.0 Å². The number of hydrogen-bond acceptors (Lipinski definition) is 5. The van der Waals surface area contributed by atoms with Crippen molar-refractivity contribution < 1.29 is 18.1 Å². The number of piperidine rings is 1. The van der Waals surface area contributed by atoms with Crippen LogP contribution in [0.15, 0.2) is 45.5 Å². The van der Waals surface area contributed by atoms with E-state index in [0.717, 1.165) is 18.4 Å². The molecule has 2 aromatic heterocycles. The van der Waals surface area contributed by atoms with Crippen LogP contribution in [0.25, 0.3) is 0 Å². The molecule has 1 amide bonds. The molecule has 0 saturated carbocycles. The molecule has 0 unspecified atom stereocenters. The lowest BCUT2D eigenvalue weighted by molar-refractivity contribution is 0.0647. The van der Waals surface area contributed by atoms with Crippen molar-refractivity contribution in [3.63, 3.8) is 0 Å². The highest BCUT2D eigenvalue weighted by Gasteiger charge is 2.37. The van der Waals surface area contributed by atoms with Crippen LogP contribution < -0.4 is 0 Å². The average molecular weight is 383 g/mol. The summed E-state index contributed by atoms with van der Waals surface area (Å²) in [6, 6.07) is 8.13. The van der Waals surface area contributed by atoms with Crippen LogP contribution in [0.5, 0.6) is 0 Å². The highest BCUT2D eigenvalue weighted by Crippen LogP contribution is 2.35. The smallest absolute Gasteiger partial charge is 0.276 e. The molecule has 1 fully saturated rings. The second-order valence-corrected chi connectivity index (χ2v) is 7.61. The van der Waals surface area contributed by atoms with Gasteiger partial charge in [-0.1, -0.05) is 24.2 Å². The Balaban J connectivity index is 1.41. The molecule has 146 valence electrons. The first-order valence-electron chi connectivity index (χ1n) is 9.35.